The van der Waals surface area contributed by atoms with Gasteiger partial charge in [0.1, 0.15) is 0 Å². The number of nitrogens with zero attached hydrogens (tertiary/aromatic N) is 2. The molecule has 0 atom stereocenters. The number of aryl methyl sites for hydroxylation is 1. The van der Waals surface area contributed by atoms with E-state index in [0.717, 1.165) is 36.2 Å². The molecule has 0 aliphatic heterocycles. The highest BCUT2D eigenvalue weighted by atomic mass is 16.4. The van der Waals surface area contributed by atoms with E-state index in [9.17, 15) is 5.11 Å². The first-order valence-electron chi connectivity index (χ1n) is 6.49. The zero-order chi connectivity index (χ0) is 14.0. The highest BCUT2D eigenvalue weighted by molar-refractivity contribution is 6.02. The third-order valence-electron chi connectivity index (χ3n) is 3.75. The minimum Gasteiger partial charge on any atom is -0.409 e. The van der Waals surface area contributed by atoms with Crippen molar-refractivity contribution < 1.29 is 10.3 Å². The number of hydrogen-bond acceptors (Lipinski definition) is 4. The first-order valence-corrected chi connectivity index (χ1v) is 6.49. The van der Waals surface area contributed by atoms with Crippen molar-refractivity contribution in [3.63, 3.8) is 0 Å². The van der Waals surface area contributed by atoms with Gasteiger partial charge in [-0.25, -0.2) is 0 Å². The second-order valence-corrected chi connectivity index (χ2v) is 5.33. The second-order valence-electron chi connectivity index (χ2n) is 5.33. The van der Waals surface area contributed by atoms with Gasteiger partial charge in [0, 0.05) is 19.2 Å². The van der Waals surface area contributed by atoms with E-state index in [1.807, 2.05) is 32.2 Å². The van der Waals surface area contributed by atoms with E-state index >= 15 is 0 Å². The average Bonchev–Trinajstić information content (AvgIpc) is 2.35. The van der Waals surface area contributed by atoms with E-state index in [1.165, 1.54) is 0 Å². The topological polar surface area (TPSA) is 82.1 Å². The molecular formula is C14H21N3O2. The Morgan fingerprint density at radius 1 is 1.47 bits per heavy atom. The van der Waals surface area contributed by atoms with Crippen LogP contribution in [0.25, 0.3) is 0 Å². The number of aliphatic hydroxyl groups excluding tert-OH is 1. The summed E-state index contributed by atoms with van der Waals surface area (Å²) in [5.41, 5.74) is 8.55. The SMILES string of the molecule is Cc1cccc(/C(N)=N/O)c1N(C)CC1CC(O)C1. The fourth-order valence-electron chi connectivity index (χ4n) is 2.75. The Balaban J connectivity index is 2.22. The van der Waals surface area contributed by atoms with Gasteiger partial charge in [0.2, 0.25) is 0 Å². The molecule has 1 aliphatic rings. The van der Waals surface area contributed by atoms with Crippen molar-refractivity contribution in [3.8, 4) is 0 Å². The fraction of sp³-hybridized carbons (Fsp3) is 0.500. The van der Waals surface area contributed by atoms with E-state index in [4.69, 9.17) is 10.9 Å². The molecule has 0 amide bonds. The van der Waals surface area contributed by atoms with Gasteiger partial charge in [-0.2, -0.15) is 0 Å². The van der Waals surface area contributed by atoms with Crippen LogP contribution in [0.4, 0.5) is 5.69 Å². The smallest absolute Gasteiger partial charge is 0.172 e. The largest absolute Gasteiger partial charge is 0.409 e. The lowest BCUT2D eigenvalue weighted by Gasteiger charge is -2.36. The first-order chi connectivity index (χ1) is 9.02. The van der Waals surface area contributed by atoms with Gasteiger partial charge in [-0.1, -0.05) is 17.3 Å². The van der Waals surface area contributed by atoms with E-state index in [2.05, 4.69) is 10.1 Å². The highest BCUT2D eigenvalue weighted by Crippen LogP contribution is 2.31. The predicted octanol–water partition coefficient (Wildman–Crippen LogP) is 1.30. The maximum Gasteiger partial charge on any atom is 0.172 e. The number of nitrogens with two attached hydrogens (primary N) is 1. The number of rotatable bonds is 4. The minimum absolute atomic E-state index is 0.124. The van der Waals surface area contributed by atoms with E-state index in [1.54, 1.807) is 0 Å². The Hall–Kier alpha value is -1.75. The van der Waals surface area contributed by atoms with Crippen LogP contribution < -0.4 is 10.6 Å². The molecule has 0 aromatic heterocycles. The number of para-hydroxylation sites is 1. The number of aliphatic hydroxyl groups is 1. The molecule has 4 N–H and O–H groups in total. The molecule has 0 bridgehead atoms. The van der Waals surface area contributed by atoms with E-state index in [0.29, 0.717) is 5.92 Å². The van der Waals surface area contributed by atoms with Crippen LogP contribution in [-0.2, 0) is 0 Å². The molecule has 2 rings (SSSR count). The van der Waals surface area contributed by atoms with Crippen LogP contribution in [0.5, 0.6) is 0 Å². The highest BCUT2D eigenvalue weighted by Gasteiger charge is 2.28. The van der Waals surface area contributed by atoms with Crippen molar-refractivity contribution in [2.24, 2.45) is 16.8 Å². The summed E-state index contributed by atoms with van der Waals surface area (Å²) in [4.78, 5) is 2.12. The van der Waals surface area contributed by atoms with E-state index < -0.39 is 0 Å². The van der Waals surface area contributed by atoms with Crippen LogP contribution in [0.2, 0.25) is 0 Å². The summed E-state index contributed by atoms with van der Waals surface area (Å²) in [7, 11) is 2.00. The standard InChI is InChI=1S/C14H21N3O2/c1-9-4-3-5-12(14(15)16-19)13(9)17(2)8-10-6-11(18)7-10/h3-5,10-11,18-19H,6-8H2,1-2H3,(H2,15,16). The Kier molecular flexibility index (Phi) is 3.95. The Morgan fingerprint density at radius 3 is 2.74 bits per heavy atom. The summed E-state index contributed by atoms with van der Waals surface area (Å²) in [5, 5.41) is 21.3. The molecule has 5 heteroatoms. The zero-order valence-electron chi connectivity index (χ0n) is 11.4. The van der Waals surface area contributed by atoms with E-state index in [-0.39, 0.29) is 11.9 Å². The van der Waals surface area contributed by atoms with Crippen molar-refractivity contribution >= 4 is 11.5 Å². The lowest BCUT2D eigenvalue weighted by Crippen LogP contribution is -2.38. The van der Waals surface area contributed by atoms with Gasteiger partial charge in [0.15, 0.2) is 5.84 Å². The molecule has 0 heterocycles. The van der Waals surface area contributed by atoms with Gasteiger partial charge in [-0.15, -0.1) is 0 Å². The van der Waals surface area contributed by atoms with Gasteiger partial charge in [-0.3, -0.25) is 0 Å². The monoisotopic (exact) mass is 263 g/mol. The summed E-state index contributed by atoms with van der Waals surface area (Å²) in [6.07, 6.45) is 1.57. The molecule has 1 fully saturated rings. The third kappa shape index (κ3) is 2.81. The molecule has 0 saturated heterocycles. The van der Waals surface area contributed by atoms with Crippen molar-refractivity contribution in [2.45, 2.75) is 25.9 Å². The van der Waals surface area contributed by atoms with Gasteiger partial charge >= 0.3 is 0 Å². The minimum atomic E-state index is -0.140. The molecule has 1 aliphatic carbocycles. The number of anilines is 1. The predicted molar refractivity (Wildman–Crippen MR) is 75.7 cm³/mol. The molecule has 1 aromatic rings. The summed E-state index contributed by atoms with van der Waals surface area (Å²) >= 11 is 0. The summed E-state index contributed by atoms with van der Waals surface area (Å²) in [6.45, 7) is 2.88. The number of amidine groups is 1. The molecule has 104 valence electrons. The van der Waals surface area contributed by atoms with Crippen LogP contribution >= 0.6 is 0 Å². The third-order valence-corrected chi connectivity index (χ3v) is 3.75. The molecule has 5 nitrogen and oxygen atoms in total. The normalized spacial score (nSPS) is 23.0. The van der Waals surface area contributed by atoms with Crippen LogP contribution in [0, 0.1) is 12.8 Å². The summed E-state index contributed by atoms with van der Waals surface area (Å²) < 4.78 is 0. The second kappa shape index (κ2) is 5.48. The Labute approximate surface area is 113 Å². The Bertz CT molecular complexity index is 482. The molecule has 19 heavy (non-hydrogen) atoms. The lowest BCUT2D eigenvalue weighted by atomic mass is 9.82. The molecule has 0 radical (unpaired) electrons. The van der Waals surface area contributed by atoms with Crippen molar-refractivity contribution in [1.82, 2.24) is 0 Å². The fourth-order valence-corrected chi connectivity index (χ4v) is 2.75. The number of hydrogen-bond donors (Lipinski definition) is 3. The average molecular weight is 263 g/mol. The van der Waals surface area contributed by atoms with Gasteiger partial charge < -0.3 is 20.9 Å². The number of benzene rings is 1. The lowest BCUT2D eigenvalue weighted by molar-refractivity contribution is 0.0465. The quantitative estimate of drug-likeness (QED) is 0.331. The maximum absolute atomic E-state index is 9.35. The summed E-state index contributed by atoms with van der Waals surface area (Å²) in [6, 6.07) is 5.76. The molecular weight excluding hydrogens is 242 g/mol. The molecule has 1 aromatic carbocycles. The van der Waals surface area contributed by atoms with Gasteiger partial charge in [-0.05, 0) is 37.3 Å². The summed E-state index contributed by atoms with van der Waals surface area (Å²) in [5.74, 6) is 0.638. The van der Waals surface area contributed by atoms with Crippen molar-refractivity contribution in [3.05, 3.63) is 29.3 Å². The molecule has 0 spiro atoms. The van der Waals surface area contributed by atoms with Gasteiger partial charge in [0.25, 0.3) is 0 Å². The first kappa shape index (κ1) is 13.7. The van der Waals surface area contributed by atoms with Crippen molar-refractivity contribution in [2.75, 3.05) is 18.5 Å². The van der Waals surface area contributed by atoms with Crippen LogP contribution in [-0.4, -0.2) is 35.8 Å². The maximum atomic E-state index is 9.35. The number of oxime groups is 1. The van der Waals surface area contributed by atoms with Crippen LogP contribution in [0.1, 0.15) is 24.0 Å². The zero-order valence-corrected chi connectivity index (χ0v) is 11.4. The van der Waals surface area contributed by atoms with Crippen LogP contribution in [0.3, 0.4) is 0 Å². The van der Waals surface area contributed by atoms with Gasteiger partial charge in [0.05, 0.1) is 11.8 Å². The molecule has 0 unspecified atom stereocenters. The Morgan fingerprint density at radius 2 is 2.16 bits per heavy atom. The molecule has 1 saturated carbocycles. The van der Waals surface area contributed by atoms with Crippen molar-refractivity contribution in [1.29, 1.82) is 0 Å². The van der Waals surface area contributed by atoms with Crippen LogP contribution in [0.15, 0.2) is 23.4 Å².